The molecule has 0 fully saturated rings. The molecule has 0 saturated heterocycles. The Morgan fingerprint density at radius 1 is 0.812 bits per heavy atom. The summed E-state index contributed by atoms with van der Waals surface area (Å²) in [5, 5.41) is 3.74. The minimum atomic E-state index is -0.349. The van der Waals surface area contributed by atoms with E-state index in [0.29, 0.717) is 22.4 Å². The highest BCUT2D eigenvalue weighted by Crippen LogP contribution is 2.22. The van der Waals surface area contributed by atoms with Gasteiger partial charge in [-0.25, -0.2) is 0 Å². The Bertz CT molecular complexity index is 1320. The topological polar surface area (TPSA) is 68.3 Å². The highest BCUT2D eigenvalue weighted by molar-refractivity contribution is 6.15. The van der Waals surface area contributed by atoms with Gasteiger partial charge in [0.2, 0.25) is 0 Å². The number of carbonyl (C=O) groups is 2. The number of nitrogens with zero attached hydrogens (tertiary/aromatic N) is 1. The molecule has 5 nitrogen and oxygen atoms in total. The number of fused-ring (bicyclic) bond motifs is 1. The maximum Gasteiger partial charge on any atom is 0.252 e. The van der Waals surface area contributed by atoms with Gasteiger partial charge in [0.25, 0.3) is 5.91 Å². The van der Waals surface area contributed by atoms with Crippen LogP contribution in [0.1, 0.15) is 26.3 Å². The van der Waals surface area contributed by atoms with E-state index in [1.165, 1.54) is 0 Å². The Morgan fingerprint density at radius 2 is 1.56 bits per heavy atom. The summed E-state index contributed by atoms with van der Waals surface area (Å²) in [6.07, 6.45) is 1.72. The average Bonchev–Trinajstić information content (AvgIpc) is 2.86. The first kappa shape index (κ1) is 20.8. The molecule has 0 aliphatic rings. The van der Waals surface area contributed by atoms with Crippen molar-refractivity contribution >= 4 is 22.6 Å². The van der Waals surface area contributed by atoms with E-state index in [9.17, 15) is 9.59 Å². The molecule has 3 aromatic carbocycles. The van der Waals surface area contributed by atoms with Gasteiger partial charge in [-0.1, -0.05) is 78.6 Å². The van der Waals surface area contributed by atoms with E-state index in [0.717, 1.165) is 10.9 Å². The molecular formula is C27H20N2O3. The summed E-state index contributed by atoms with van der Waals surface area (Å²) < 4.78 is 5.72. The summed E-state index contributed by atoms with van der Waals surface area (Å²) in [5.74, 6) is 5.88. The van der Waals surface area contributed by atoms with E-state index in [1.807, 2.05) is 36.4 Å². The van der Waals surface area contributed by atoms with Gasteiger partial charge >= 0.3 is 0 Å². The first-order valence-electron chi connectivity index (χ1n) is 10.1. The van der Waals surface area contributed by atoms with Crippen molar-refractivity contribution in [1.82, 2.24) is 10.3 Å². The second kappa shape index (κ2) is 10.1. The van der Waals surface area contributed by atoms with Gasteiger partial charge in [-0.05, 0) is 18.2 Å². The number of carbonyl (C=O) groups excluding carboxylic acids is 2. The minimum absolute atomic E-state index is 0.143. The molecule has 0 aliphatic carbocycles. The number of nitrogens with one attached hydrogen (secondary N) is 1. The number of aromatic nitrogens is 1. The maximum atomic E-state index is 12.8. The second-order valence-corrected chi connectivity index (χ2v) is 6.90. The fourth-order valence-corrected chi connectivity index (χ4v) is 3.26. The number of hydrogen-bond acceptors (Lipinski definition) is 4. The molecule has 0 aliphatic heterocycles. The van der Waals surface area contributed by atoms with Crippen molar-refractivity contribution in [2.24, 2.45) is 0 Å². The number of benzene rings is 3. The van der Waals surface area contributed by atoms with Gasteiger partial charge in [0, 0.05) is 22.7 Å². The molecule has 1 aromatic heterocycles. The molecule has 32 heavy (non-hydrogen) atoms. The van der Waals surface area contributed by atoms with Gasteiger partial charge in [0.05, 0.1) is 12.1 Å². The second-order valence-electron chi connectivity index (χ2n) is 6.90. The lowest BCUT2D eigenvalue weighted by molar-refractivity contribution is 0.0946. The first-order valence-corrected chi connectivity index (χ1v) is 10.1. The van der Waals surface area contributed by atoms with Crippen LogP contribution in [0.3, 0.4) is 0 Å². The lowest BCUT2D eigenvalue weighted by Gasteiger charge is -2.08. The largest absolute Gasteiger partial charge is 0.479 e. The van der Waals surface area contributed by atoms with Crippen LogP contribution in [0, 0.1) is 11.8 Å². The maximum absolute atomic E-state index is 12.8. The van der Waals surface area contributed by atoms with E-state index in [2.05, 4.69) is 22.1 Å². The van der Waals surface area contributed by atoms with Gasteiger partial charge in [0.1, 0.15) is 17.9 Å². The molecule has 5 heteroatoms. The fraction of sp³-hybridized carbons (Fsp3) is 0.0741. The number of rotatable bonds is 6. The van der Waals surface area contributed by atoms with E-state index in [1.54, 1.807) is 54.7 Å². The number of ether oxygens (including phenoxy) is 1. The van der Waals surface area contributed by atoms with E-state index >= 15 is 0 Å². The first-order chi connectivity index (χ1) is 15.7. The Labute approximate surface area is 186 Å². The standard InChI is InChI=1S/C27H20N2O3/c30-26(21-10-2-1-3-11-21)22-14-4-5-15-23(22)27(31)29-17-6-7-19-32-24-16-8-12-20-13-9-18-28-25(20)24/h1-5,8-16,18H,17,19H2,(H,29,31). The number of pyridine rings is 1. The number of hydrogen-bond donors (Lipinski definition) is 1. The van der Waals surface area contributed by atoms with Crippen LogP contribution in [-0.2, 0) is 0 Å². The monoisotopic (exact) mass is 420 g/mol. The summed E-state index contributed by atoms with van der Waals surface area (Å²) in [7, 11) is 0. The van der Waals surface area contributed by atoms with Crippen molar-refractivity contribution in [3.05, 3.63) is 108 Å². The van der Waals surface area contributed by atoms with Gasteiger partial charge < -0.3 is 10.1 Å². The molecule has 0 unspecified atom stereocenters. The number of amides is 1. The third-order valence-electron chi connectivity index (χ3n) is 4.81. The third-order valence-corrected chi connectivity index (χ3v) is 4.81. The average molecular weight is 420 g/mol. The Balaban J connectivity index is 1.35. The van der Waals surface area contributed by atoms with Gasteiger partial charge in [-0.15, -0.1) is 0 Å². The fourth-order valence-electron chi connectivity index (χ4n) is 3.26. The normalized spacial score (nSPS) is 10.1. The molecule has 4 aromatic rings. The van der Waals surface area contributed by atoms with Crippen LogP contribution in [0.25, 0.3) is 10.9 Å². The Hall–Kier alpha value is -4.43. The van der Waals surface area contributed by atoms with Crippen molar-refractivity contribution in [2.75, 3.05) is 13.2 Å². The zero-order valence-electron chi connectivity index (χ0n) is 17.2. The van der Waals surface area contributed by atoms with Crippen LogP contribution in [-0.4, -0.2) is 29.8 Å². The van der Waals surface area contributed by atoms with E-state index in [4.69, 9.17) is 4.74 Å². The SMILES string of the molecule is O=C(NCC#CCOc1cccc2cccnc12)c1ccccc1C(=O)c1ccccc1. The molecule has 1 N–H and O–H groups in total. The number of ketones is 1. The Kier molecular flexibility index (Phi) is 6.54. The lowest BCUT2D eigenvalue weighted by atomic mass is 9.98. The summed E-state index contributed by atoms with van der Waals surface area (Å²) in [6, 6.07) is 25.2. The Morgan fingerprint density at radius 3 is 2.41 bits per heavy atom. The van der Waals surface area contributed by atoms with Gasteiger partial charge in [0.15, 0.2) is 5.78 Å². The summed E-state index contributed by atoms with van der Waals surface area (Å²) >= 11 is 0. The van der Waals surface area contributed by atoms with Crippen molar-refractivity contribution in [3.63, 3.8) is 0 Å². The minimum Gasteiger partial charge on any atom is -0.479 e. The molecule has 0 bridgehead atoms. The molecular weight excluding hydrogens is 400 g/mol. The smallest absolute Gasteiger partial charge is 0.252 e. The van der Waals surface area contributed by atoms with Crippen LogP contribution in [0.15, 0.2) is 91.1 Å². The summed E-state index contributed by atoms with van der Waals surface area (Å²) in [5.41, 5.74) is 1.99. The predicted molar refractivity (Wildman–Crippen MR) is 124 cm³/mol. The molecule has 1 heterocycles. The van der Waals surface area contributed by atoms with Crippen molar-refractivity contribution in [2.45, 2.75) is 0 Å². The predicted octanol–water partition coefficient (Wildman–Crippen LogP) is 4.28. The molecule has 156 valence electrons. The molecule has 1 amide bonds. The summed E-state index contributed by atoms with van der Waals surface area (Å²) in [6.45, 7) is 0.318. The lowest BCUT2D eigenvalue weighted by Crippen LogP contribution is -2.25. The zero-order chi connectivity index (χ0) is 22.2. The molecule has 0 radical (unpaired) electrons. The highest BCUT2D eigenvalue weighted by atomic mass is 16.5. The van der Waals surface area contributed by atoms with Crippen LogP contribution >= 0.6 is 0 Å². The molecule has 4 rings (SSSR count). The van der Waals surface area contributed by atoms with Gasteiger partial charge in [-0.2, -0.15) is 0 Å². The highest BCUT2D eigenvalue weighted by Gasteiger charge is 2.17. The van der Waals surface area contributed by atoms with E-state index < -0.39 is 0 Å². The van der Waals surface area contributed by atoms with Crippen LogP contribution in [0.2, 0.25) is 0 Å². The third kappa shape index (κ3) is 4.82. The summed E-state index contributed by atoms with van der Waals surface area (Å²) in [4.78, 5) is 29.8. The van der Waals surface area contributed by atoms with Crippen LogP contribution in [0.5, 0.6) is 5.75 Å². The van der Waals surface area contributed by atoms with Crippen LogP contribution < -0.4 is 10.1 Å². The van der Waals surface area contributed by atoms with Crippen LogP contribution in [0.4, 0.5) is 0 Å². The molecule has 0 atom stereocenters. The van der Waals surface area contributed by atoms with E-state index in [-0.39, 0.29) is 24.8 Å². The van der Waals surface area contributed by atoms with Crippen molar-refractivity contribution < 1.29 is 14.3 Å². The van der Waals surface area contributed by atoms with Gasteiger partial charge in [-0.3, -0.25) is 14.6 Å². The number of para-hydroxylation sites is 1. The quantitative estimate of drug-likeness (QED) is 0.374. The molecule has 0 spiro atoms. The molecule has 0 saturated carbocycles. The van der Waals surface area contributed by atoms with Crippen molar-refractivity contribution in [1.29, 1.82) is 0 Å². The zero-order valence-corrected chi connectivity index (χ0v) is 17.2. The van der Waals surface area contributed by atoms with Crippen molar-refractivity contribution in [3.8, 4) is 17.6 Å².